The summed E-state index contributed by atoms with van der Waals surface area (Å²) in [6, 6.07) is 9.46. The first-order chi connectivity index (χ1) is 10.3. The minimum Gasteiger partial charge on any atom is -0.455 e. The van der Waals surface area contributed by atoms with Crippen LogP contribution in [0.2, 0.25) is 5.02 Å². The third kappa shape index (κ3) is 3.00. The van der Waals surface area contributed by atoms with Gasteiger partial charge in [0.05, 0.1) is 10.6 Å². The van der Waals surface area contributed by atoms with E-state index in [-0.39, 0.29) is 0 Å². The molecule has 2 heterocycles. The van der Waals surface area contributed by atoms with Crippen LogP contribution in [0.25, 0.3) is 0 Å². The van der Waals surface area contributed by atoms with Gasteiger partial charge in [-0.25, -0.2) is 4.98 Å². The van der Waals surface area contributed by atoms with Crippen molar-refractivity contribution < 1.29 is 9.47 Å². The van der Waals surface area contributed by atoms with Gasteiger partial charge in [-0.2, -0.15) is 0 Å². The summed E-state index contributed by atoms with van der Waals surface area (Å²) >= 11 is 7.76. The van der Waals surface area contributed by atoms with Gasteiger partial charge in [0.25, 0.3) is 6.29 Å². The smallest absolute Gasteiger partial charge is 0.268 e. The Hall–Kier alpha value is -1.69. The molecule has 0 atom stereocenters. The molecule has 6 heteroatoms. The first-order valence-corrected chi connectivity index (χ1v) is 7.55. The van der Waals surface area contributed by atoms with Gasteiger partial charge >= 0.3 is 0 Å². The lowest BCUT2D eigenvalue weighted by Gasteiger charge is -2.15. The van der Waals surface area contributed by atoms with Crippen molar-refractivity contribution >= 4 is 23.4 Å². The average Bonchev–Trinajstić information content (AvgIpc) is 3.04. The largest absolute Gasteiger partial charge is 0.455 e. The van der Waals surface area contributed by atoms with Crippen molar-refractivity contribution in [2.24, 2.45) is 5.73 Å². The molecule has 0 spiro atoms. The summed E-state index contributed by atoms with van der Waals surface area (Å²) in [4.78, 5) is 5.32. The monoisotopic (exact) mass is 320 g/mol. The molecule has 1 aromatic carbocycles. The highest BCUT2D eigenvalue weighted by Crippen LogP contribution is 2.39. The molecule has 3 rings (SSSR count). The van der Waals surface area contributed by atoms with Crippen molar-refractivity contribution in [1.82, 2.24) is 4.98 Å². The Morgan fingerprint density at radius 2 is 2.00 bits per heavy atom. The Morgan fingerprint density at radius 3 is 2.76 bits per heavy atom. The number of nitrogens with zero attached hydrogens (tertiary/aromatic N) is 1. The molecular formula is C15H13ClN2O2S. The molecule has 0 unspecified atom stereocenters. The average molecular weight is 321 g/mol. The van der Waals surface area contributed by atoms with Crippen LogP contribution < -0.4 is 5.73 Å². The predicted octanol–water partition coefficient (Wildman–Crippen LogP) is 3.86. The van der Waals surface area contributed by atoms with Crippen molar-refractivity contribution in [3.8, 4) is 0 Å². The summed E-state index contributed by atoms with van der Waals surface area (Å²) in [6.45, 7) is 0.420. The Kier molecular flexibility index (Phi) is 4.34. The zero-order chi connectivity index (χ0) is 14.7. The quantitative estimate of drug-likeness (QED) is 0.927. The highest BCUT2D eigenvalue weighted by Gasteiger charge is 2.21. The van der Waals surface area contributed by atoms with Gasteiger partial charge in [0.15, 0.2) is 0 Å². The third-order valence-electron chi connectivity index (χ3n) is 2.98. The van der Waals surface area contributed by atoms with E-state index in [1.807, 2.05) is 30.3 Å². The van der Waals surface area contributed by atoms with E-state index in [0.717, 1.165) is 21.0 Å². The van der Waals surface area contributed by atoms with E-state index in [1.165, 1.54) is 24.3 Å². The fourth-order valence-corrected chi connectivity index (χ4v) is 3.33. The summed E-state index contributed by atoms with van der Waals surface area (Å²) in [5.41, 5.74) is 7.62. The number of hydrogen-bond donors (Lipinski definition) is 1. The molecule has 1 aliphatic rings. The molecule has 0 saturated heterocycles. The van der Waals surface area contributed by atoms with Gasteiger partial charge in [-0.05, 0) is 23.8 Å². The standard InChI is InChI=1S/C15H13ClN2O2S/c16-12-5-1-3-10(9-17)13(12)21-14-11(4-2-6-18-14)15-19-7-8-20-15/h1-8,15H,9,17H2. The molecule has 0 radical (unpaired) electrons. The van der Waals surface area contributed by atoms with E-state index >= 15 is 0 Å². The molecule has 21 heavy (non-hydrogen) atoms. The van der Waals surface area contributed by atoms with Crippen LogP contribution in [0.3, 0.4) is 0 Å². The van der Waals surface area contributed by atoms with Crippen molar-refractivity contribution in [1.29, 1.82) is 0 Å². The molecule has 0 aliphatic carbocycles. The fourth-order valence-electron chi connectivity index (χ4n) is 1.98. The number of ether oxygens (including phenoxy) is 2. The van der Waals surface area contributed by atoms with Crippen LogP contribution in [0.15, 0.2) is 59.0 Å². The zero-order valence-corrected chi connectivity index (χ0v) is 12.6. The lowest BCUT2D eigenvalue weighted by molar-refractivity contribution is -0.0270. The lowest BCUT2D eigenvalue weighted by atomic mass is 10.2. The van der Waals surface area contributed by atoms with Crippen LogP contribution in [-0.4, -0.2) is 4.98 Å². The number of halogens is 1. The van der Waals surface area contributed by atoms with E-state index in [1.54, 1.807) is 6.20 Å². The van der Waals surface area contributed by atoms with Crippen LogP contribution >= 0.6 is 23.4 Å². The molecule has 2 N–H and O–H groups in total. The SMILES string of the molecule is NCc1cccc(Cl)c1Sc1ncccc1C1OC=CO1. The third-order valence-corrected chi connectivity index (χ3v) is 4.63. The highest BCUT2D eigenvalue weighted by atomic mass is 35.5. The molecule has 2 aromatic rings. The molecule has 1 aromatic heterocycles. The number of aromatic nitrogens is 1. The Morgan fingerprint density at radius 1 is 1.19 bits per heavy atom. The van der Waals surface area contributed by atoms with Gasteiger partial charge in [-0.3, -0.25) is 0 Å². The second-order valence-electron chi connectivity index (χ2n) is 4.31. The zero-order valence-electron chi connectivity index (χ0n) is 11.0. The number of benzene rings is 1. The minimum absolute atomic E-state index is 0.420. The molecule has 0 fully saturated rings. The molecule has 108 valence electrons. The van der Waals surface area contributed by atoms with Gasteiger partial charge in [-0.15, -0.1) is 0 Å². The summed E-state index contributed by atoms with van der Waals surface area (Å²) in [6.07, 6.45) is 4.30. The van der Waals surface area contributed by atoms with Crippen LogP contribution in [0.1, 0.15) is 17.4 Å². The predicted molar refractivity (Wildman–Crippen MR) is 81.8 cm³/mol. The summed E-state index contributed by atoms with van der Waals surface area (Å²) in [7, 11) is 0. The molecule has 4 nitrogen and oxygen atoms in total. The molecule has 0 amide bonds. The summed E-state index contributed by atoms with van der Waals surface area (Å²) in [5.74, 6) is 0. The maximum atomic E-state index is 6.29. The molecule has 0 bridgehead atoms. The van der Waals surface area contributed by atoms with Gasteiger partial charge < -0.3 is 15.2 Å². The van der Waals surface area contributed by atoms with Gasteiger partial charge in [-0.1, -0.05) is 35.5 Å². The van der Waals surface area contributed by atoms with E-state index in [0.29, 0.717) is 11.6 Å². The first-order valence-electron chi connectivity index (χ1n) is 6.36. The maximum absolute atomic E-state index is 6.29. The van der Waals surface area contributed by atoms with Crippen molar-refractivity contribution in [3.05, 3.63) is 65.2 Å². The Labute approximate surface area is 131 Å². The minimum atomic E-state index is -0.468. The van der Waals surface area contributed by atoms with Gasteiger partial charge in [0, 0.05) is 17.6 Å². The second-order valence-corrected chi connectivity index (χ2v) is 5.71. The normalized spacial score (nSPS) is 14.0. The van der Waals surface area contributed by atoms with Crippen molar-refractivity contribution in [2.75, 3.05) is 0 Å². The topological polar surface area (TPSA) is 57.4 Å². The summed E-state index contributed by atoms with van der Waals surface area (Å²) < 4.78 is 10.8. The fraction of sp³-hybridized carbons (Fsp3) is 0.133. The van der Waals surface area contributed by atoms with Crippen molar-refractivity contribution in [3.63, 3.8) is 0 Å². The Bertz CT molecular complexity index is 670. The molecule has 0 saturated carbocycles. The van der Waals surface area contributed by atoms with Gasteiger partial charge in [0.1, 0.15) is 17.6 Å². The lowest BCUT2D eigenvalue weighted by Crippen LogP contribution is -2.02. The highest BCUT2D eigenvalue weighted by molar-refractivity contribution is 7.99. The second kappa shape index (κ2) is 6.39. The number of nitrogens with two attached hydrogens (primary N) is 1. The number of pyridine rings is 1. The van der Waals surface area contributed by atoms with Crippen LogP contribution in [-0.2, 0) is 16.0 Å². The van der Waals surface area contributed by atoms with E-state index in [4.69, 9.17) is 26.8 Å². The first kappa shape index (κ1) is 14.3. The van der Waals surface area contributed by atoms with Gasteiger partial charge in [0.2, 0.25) is 0 Å². The van der Waals surface area contributed by atoms with E-state index < -0.39 is 6.29 Å². The van der Waals surface area contributed by atoms with Crippen LogP contribution in [0.4, 0.5) is 0 Å². The maximum Gasteiger partial charge on any atom is 0.268 e. The van der Waals surface area contributed by atoms with Crippen LogP contribution in [0, 0.1) is 0 Å². The summed E-state index contributed by atoms with van der Waals surface area (Å²) in [5, 5.41) is 1.44. The van der Waals surface area contributed by atoms with Crippen molar-refractivity contribution in [2.45, 2.75) is 22.8 Å². The molecule has 1 aliphatic heterocycles. The van der Waals surface area contributed by atoms with Crippen LogP contribution in [0.5, 0.6) is 0 Å². The van der Waals surface area contributed by atoms with E-state index in [9.17, 15) is 0 Å². The number of rotatable bonds is 4. The Balaban J connectivity index is 1.95. The number of hydrogen-bond acceptors (Lipinski definition) is 5. The molecular weight excluding hydrogens is 308 g/mol. The van der Waals surface area contributed by atoms with E-state index in [2.05, 4.69) is 4.98 Å².